The van der Waals surface area contributed by atoms with Crippen LogP contribution in [0.4, 0.5) is 4.79 Å². The molecule has 2 rings (SSSR count). The highest BCUT2D eigenvalue weighted by molar-refractivity contribution is 8.14. The zero-order valence-electron chi connectivity index (χ0n) is 14.9. The molecule has 0 bridgehead atoms. The van der Waals surface area contributed by atoms with E-state index in [2.05, 4.69) is 4.89 Å². The van der Waals surface area contributed by atoms with Crippen LogP contribution in [-0.2, 0) is 9.68 Å². The molecule has 0 spiro atoms. The average Bonchev–Trinajstić information content (AvgIpc) is 2.67. The van der Waals surface area contributed by atoms with E-state index in [0.29, 0.717) is 17.1 Å². The number of carboxylic acid groups (broad SMARTS) is 1. The standard InChI is InChI=1S/C17H17N3O7S/c1-19(20(2)17(25)28-8-13(21)22)16(27-26)11-7-12(15(18)24)14(23)10-6-4-3-5-9(10)11/h3-7H,8H2,1-2H3,(H4,18,21,22,24,26)/p+1. The number of rotatable bonds is 5. The summed E-state index contributed by atoms with van der Waals surface area (Å²) in [6, 6.07) is 7.70. The second-order valence-electron chi connectivity index (χ2n) is 5.62. The van der Waals surface area contributed by atoms with Gasteiger partial charge in [-0.3, -0.25) is 19.3 Å². The van der Waals surface area contributed by atoms with Crippen LogP contribution < -0.4 is 5.73 Å². The first-order valence-electron chi connectivity index (χ1n) is 7.78. The number of fused-ring (bicyclic) bond motifs is 1. The number of aliphatic carboxylic acids is 1. The van der Waals surface area contributed by atoms with Crippen molar-refractivity contribution in [2.24, 2.45) is 5.73 Å². The zero-order valence-corrected chi connectivity index (χ0v) is 15.8. The number of phenols is 1. The summed E-state index contributed by atoms with van der Waals surface area (Å²) in [5.41, 5.74) is 5.29. The molecule has 0 heterocycles. The van der Waals surface area contributed by atoms with Gasteiger partial charge in [0, 0.05) is 10.8 Å². The van der Waals surface area contributed by atoms with E-state index < -0.39 is 22.9 Å². The van der Waals surface area contributed by atoms with Gasteiger partial charge in [-0.05, 0) is 17.8 Å². The molecular formula is C17H18N3O7S+. The zero-order chi connectivity index (χ0) is 21.0. The van der Waals surface area contributed by atoms with E-state index in [-0.39, 0.29) is 28.2 Å². The first-order chi connectivity index (χ1) is 13.2. The van der Waals surface area contributed by atoms with E-state index in [4.69, 9.17) is 10.8 Å². The van der Waals surface area contributed by atoms with Gasteiger partial charge >= 0.3 is 17.1 Å². The number of nitrogens with two attached hydrogens (primary N) is 1. The number of hydrazine groups is 1. The molecule has 10 nitrogen and oxygen atoms in total. The molecule has 2 aromatic carbocycles. The summed E-state index contributed by atoms with van der Waals surface area (Å²) in [4.78, 5) is 39.0. The van der Waals surface area contributed by atoms with Gasteiger partial charge in [-0.15, -0.1) is 5.01 Å². The maximum atomic E-state index is 12.2. The molecule has 0 atom stereocenters. The molecule has 0 radical (unpaired) electrons. The number of thioether (sulfide) groups is 1. The number of carboxylic acids is 1. The minimum absolute atomic E-state index is 0.176. The van der Waals surface area contributed by atoms with Gasteiger partial charge < -0.3 is 15.9 Å². The predicted molar refractivity (Wildman–Crippen MR) is 101 cm³/mol. The molecule has 0 aliphatic rings. The smallest absolute Gasteiger partial charge is 0.431 e. The molecular weight excluding hydrogens is 390 g/mol. The molecule has 28 heavy (non-hydrogen) atoms. The Balaban J connectivity index is 2.65. The van der Waals surface area contributed by atoms with Crippen molar-refractivity contribution in [3.8, 4) is 5.75 Å². The van der Waals surface area contributed by atoms with Crippen molar-refractivity contribution in [3.05, 3.63) is 41.5 Å². The van der Waals surface area contributed by atoms with Crippen LogP contribution in [0.15, 0.2) is 30.3 Å². The highest BCUT2D eigenvalue weighted by Gasteiger charge is 2.29. The van der Waals surface area contributed by atoms with E-state index in [9.17, 15) is 24.7 Å². The molecule has 148 valence electrons. The number of aromatic hydroxyl groups is 1. The number of primary amides is 1. The molecule has 0 aromatic heterocycles. The van der Waals surface area contributed by atoms with Crippen LogP contribution in [0.25, 0.3) is 10.8 Å². The maximum Gasteiger partial charge on any atom is 0.431 e. The van der Waals surface area contributed by atoms with Gasteiger partial charge in [-0.1, -0.05) is 28.9 Å². The lowest BCUT2D eigenvalue weighted by molar-refractivity contribution is -0.647. The summed E-state index contributed by atoms with van der Waals surface area (Å²) < 4.78 is 1.13. The van der Waals surface area contributed by atoms with Gasteiger partial charge in [0.25, 0.3) is 5.91 Å². The molecule has 0 aliphatic heterocycles. The van der Waals surface area contributed by atoms with E-state index >= 15 is 0 Å². The fraction of sp³-hybridized carbons (Fsp3) is 0.176. The SMILES string of the molecule is CN(C(=O)SCC(=O)O)[N+](C)=C(OO)c1cc(C(N)=O)c(O)c2ccccc12. The molecule has 0 fully saturated rings. The number of carbonyl (C=O) groups excluding carboxylic acids is 2. The lowest BCUT2D eigenvalue weighted by Crippen LogP contribution is -2.37. The van der Waals surface area contributed by atoms with Gasteiger partial charge in [0.05, 0.1) is 12.6 Å². The van der Waals surface area contributed by atoms with Crippen LogP contribution in [0.3, 0.4) is 0 Å². The van der Waals surface area contributed by atoms with Gasteiger partial charge in [0.1, 0.15) is 17.1 Å². The number of amides is 2. The molecule has 0 aliphatic carbocycles. The summed E-state index contributed by atoms with van der Waals surface area (Å²) in [5.74, 6) is -3.07. The quantitative estimate of drug-likeness (QED) is 0.190. The van der Waals surface area contributed by atoms with E-state index in [1.54, 1.807) is 24.3 Å². The van der Waals surface area contributed by atoms with Gasteiger partial charge in [0.2, 0.25) is 0 Å². The monoisotopic (exact) mass is 408 g/mol. The Kier molecular flexibility index (Phi) is 6.44. The molecule has 0 unspecified atom stereocenters. The number of hydrogen-bond donors (Lipinski definition) is 4. The fourth-order valence-electron chi connectivity index (χ4n) is 2.48. The number of hydrogen-bond acceptors (Lipinski definition) is 7. The predicted octanol–water partition coefficient (Wildman–Crippen LogP) is 1.31. The van der Waals surface area contributed by atoms with Gasteiger partial charge in [-0.2, -0.15) is 5.26 Å². The molecule has 2 aromatic rings. The molecule has 2 amide bonds. The third-order valence-corrected chi connectivity index (χ3v) is 4.83. The van der Waals surface area contributed by atoms with Crippen LogP contribution in [0, 0.1) is 0 Å². The second kappa shape index (κ2) is 8.59. The van der Waals surface area contributed by atoms with Gasteiger partial charge in [0.15, 0.2) is 7.05 Å². The summed E-state index contributed by atoms with van der Waals surface area (Å²) >= 11 is 0.539. The average molecular weight is 408 g/mol. The first kappa shape index (κ1) is 21.0. The van der Waals surface area contributed by atoms with Crippen LogP contribution in [0.5, 0.6) is 5.75 Å². The Labute approximate surface area is 163 Å². The highest BCUT2D eigenvalue weighted by atomic mass is 32.2. The molecule has 0 saturated carbocycles. The Hall–Kier alpha value is -3.31. The third kappa shape index (κ3) is 4.15. The number of hydrazone groups is 1. The molecule has 11 heteroatoms. The summed E-state index contributed by atoms with van der Waals surface area (Å²) in [5, 5.41) is 29.6. The second-order valence-corrected chi connectivity index (χ2v) is 6.55. The number of carbonyl (C=O) groups is 3. The summed E-state index contributed by atoms with van der Waals surface area (Å²) in [7, 11) is 2.73. The van der Waals surface area contributed by atoms with E-state index in [1.165, 1.54) is 20.2 Å². The van der Waals surface area contributed by atoms with Crippen molar-refractivity contribution < 1.29 is 39.4 Å². The van der Waals surface area contributed by atoms with Crippen LogP contribution in [-0.4, -0.2) is 68.0 Å². The van der Waals surface area contributed by atoms with Crippen molar-refractivity contribution >= 4 is 45.5 Å². The number of benzene rings is 2. The first-order valence-corrected chi connectivity index (χ1v) is 8.76. The summed E-state index contributed by atoms with van der Waals surface area (Å²) in [6.45, 7) is 0. The Morgan fingerprint density at radius 3 is 2.36 bits per heavy atom. The van der Waals surface area contributed by atoms with Crippen molar-refractivity contribution in [2.45, 2.75) is 0 Å². The largest absolute Gasteiger partial charge is 0.506 e. The fourth-order valence-corrected chi connectivity index (χ4v) is 3.04. The van der Waals surface area contributed by atoms with Crippen molar-refractivity contribution in [2.75, 3.05) is 19.8 Å². The normalized spacial score (nSPS) is 11.7. The van der Waals surface area contributed by atoms with E-state index in [0.717, 1.165) is 9.69 Å². The topological polar surface area (TPSA) is 153 Å². The minimum atomic E-state index is -1.16. The van der Waals surface area contributed by atoms with Crippen LogP contribution >= 0.6 is 11.8 Å². The summed E-state index contributed by atoms with van der Waals surface area (Å²) in [6.07, 6.45) is 0. The Morgan fingerprint density at radius 1 is 1.21 bits per heavy atom. The third-order valence-electron chi connectivity index (χ3n) is 3.93. The minimum Gasteiger partial charge on any atom is -0.506 e. The van der Waals surface area contributed by atoms with Crippen LogP contribution in [0.1, 0.15) is 15.9 Å². The molecule has 0 saturated heterocycles. The highest BCUT2D eigenvalue weighted by Crippen LogP contribution is 2.32. The van der Waals surface area contributed by atoms with Crippen molar-refractivity contribution in [1.82, 2.24) is 5.01 Å². The van der Waals surface area contributed by atoms with Crippen molar-refractivity contribution in [1.29, 1.82) is 0 Å². The Morgan fingerprint density at radius 2 is 1.82 bits per heavy atom. The van der Waals surface area contributed by atoms with E-state index in [1.807, 2.05) is 0 Å². The van der Waals surface area contributed by atoms with Crippen LogP contribution in [0.2, 0.25) is 0 Å². The Bertz CT molecular complexity index is 990. The van der Waals surface area contributed by atoms with Crippen molar-refractivity contribution in [3.63, 3.8) is 0 Å². The van der Waals surface area contributed by atoms with Gasteiger partial charge in [-0.25, -0.2) is 0 Å². The molecule has 5 N–H and O–H groups in total. The lowest BCUT2D eigenvalue weighted by atomic mass is 9.99. The maximum absolute atomic E-state index is 12.2. The number of nitrogens with zero attached hydrogens (tertiary/aromatic N) is 2. The lowest BCUT2D eigenvalue weighted by Gasteiger charge is -2.14.